The van der Waals surface area contributed by atoms with E-state index in [1.807, 2.05) is 45.0 Å². The van der Waals surface area contributed by atoms with Crippen molar-refractivity contribution < 1.29 is 19.1 Å². The van der Waals surface area contributed by atoms with Crippen LogP contribution in [0.25, 0.3) is 0 Å². The fourth-order valence-electron chi connectivity index (χ4n) is 3.10. The molecule has 0 radical (unpaired) electrons. The lowest BCUT2D eigenvalue weighted by Crippen LogP contribution is -2.50. The van der Waals surface area contributed by atoms with Gasteiger partial charge in [0.05, 0.1) is 13.5 Å². The molecule has 1 aliphatic rings. The second kappa shape index (κ2) is 10.3. The van der Waals surface area contributed by atoms with Crippen molar-refractivity contribution in [1.29, 1.82) is 0 Å². The fraction of sp³-hybridized carbons (Fsp3) is 0.619. The van der Waals surface area contributed by atoms with Gasteiger partial charge in [-0.2, -0.15) is 0 Å². The fourth-order valence-corrected chi connectivity index (χ4v) is 3.10. The predicted molar refractivity (Wildman–Crippen MR) is 109 cm³/mol. The number of rotatable bonds is 7. The van der Waals surface area contributed by atoms with Crippen molar-refractivity contribution in [3.8, 4) is 5.75 Å². The van der Waals surface area contributed by atoms with Crippen LogP contribution in [0.4, 0.5) is 4.79 Å². The topological polar surface area (TPSA) is 71.1 Å². The Labute approximate surface area is 168 Å². The summed E-state index contributed by atoms with van der Waals surface area (Å²) in [5.41, 5.74) is 0.427. The van der Waals surface area contributed by atoms with Crippen LogP contribution in [0.3, 0.4) is 0 Å². The van der Waals surface area contributed by atoms with E-state index in [1.54, 1.807) is 12.0 Å². The summed E-state index contributed by atoms with van der Waals surface area (Å²) in [4.78, 5) is 28.3. The second-order valence-electron chi connectivity index (χ2n) is 8.00. The van der Waals surface area contributed by atoms with Gasteiger partial charge in [0, 0.05) is 38.3 Å². The number of nitrogens with zero attached hydrogens (tertiary/aromatic N) is 2. The molecule has 0 spiro atoms. The number of hydrogen-bond donors (Lipinski definition) is 1. The van der Waals surface area contributed by atoms with E-state index in [1.165, 1.54) is 0 Å². The smallest absolute Gasteiger partial charge is 0.410 e. The van der Waals surface area contributed by atoms with Crippen LogP contribution in [0.1, 0.15) is 32.8 Å². The van der Waals surface area contributed by atoms with E-state index in [0.717, 1.165) is 37.4 Å². The van der Waals surface area contributed by atoms with Crippen molar-refractivity contribution in [1.82, 2.24) is 15.1 Å². The molecule has 7 nitrogen and oxygen atoms in total. The van der Waals surface area contributed by atoms with Crippen molar-refractivity contribution in [2.75, 3.05) is 46.4 Å². The van der Waals surface area contributed by atoms with Gasteiger partial charge in [-0.05, 0) is 39.8 Å². The van der Waals surface area contributed by atoms with Gasteiger partial charge < -0.3 is 19.7 Å². The molecular formula is C21H33N3O4. The number of hydrogen-bond acceptors (Lipinski definition) is 5. The SMILES string of the molecule is COc1ccccc1CC(=O)NCCCN1CCN(C(=O)OC(C)(C)C)CC1. The molecule has 0 aliphatic carbocycles. The van der Waals surface area contributed by atoms with Crippen molar-refractivity contribution in [3.63, 3.8) is 0 Å². The van der Waals surface area contributed by atoms with Crippen molar-refractivity contribution in [2.45, 2.75) is 39.2 Å². The second-order valence-corrected chi connectivity index (χ2v) is 8.00. The number of para-hydroxylation sites is 1. The van der Waals surface area contributed by atoms with Gasteiger partial charge in [-0.25, -0.2) is 4.79 Å². The Kier molecular flexibility index (Phi) is 8.11. The molecule has 0 bridgehead atoms. The molecule has 156 valence electrons. The molecule has 1 saturated heterocycles. The van der Waals surface area contributed by atoms with Gasteiger partial charge in [0.2, 0.25) is 5.91 Å². The highest BCUT2D eigenvalue weighted by Crippen LogP contribution is 2.17. The molecule has 28 heavy (non-hydrogen) atoms. The van der Waals surface area contributed by atoms with E-state index >= 15 is 0 Å². The maximum Gasteiger partial charge on any atom is 0.410 e. The van der Waals surface area contributed by atoms with Crippen LogP contribution in [-0.4, -0.2) is 73.8 Å². The third kappa shape index (κ3) is 7.38. The van der Waals surface area contributed by atoms with Gasteiger partial charge in [-0.15, -0.1) is 0 Å². The first-order valence-electron chi connectivity index (χ1n) is 9.87. The molecule has 2 rings (SSSR count). The van der Waals surface area contributed by atoms with E-state index in [4.69, 9.17) is 9.47 Å². The van der Waals surface area contributed by atoms with Crippen LogP contribution in [0.15, 0.2) is 24.3 Å². The van der Waals surface area contributed by atoms with Gasteiger partial charge in [0.25, 0.3) is 0 Å². The predicted octanol–water partition coefficient (Wildman–Crippen LogP) is 2.30. The summed E-state index contributed by atoms with van der Waals surface area (Å²) >= 11 is 0. The van der Waals surface area contributed by atoms with Gasteiger partial charge in [-0.3, -0.25) is 9.69 Å². The number of amides is 2. The number of carbonyl (C=O) groups excluding carboxylic acids is 2. The largest absolute Gasteiger partial charge is 0.496 e. The molecule has 1 aromatic rings. The third-order valence-corrected chi connectivity index (χ3v) is 4.54. The van der Waals surface area contributed by atoms with Gasteiger partial charge >= 0.3 is 6.09 Å². The van der Waals surface area contributed by atoms with E-state index in [-0.39, 0.29) is 12.0 Å². The third-order valence-electron chi connectivity index (χ3n) is 4.54. The summed E-state index contributed by atoms with van der Waals surface area (Å²) in [6.45, 7) is 10.2. The van der Waals surface area contributed by atoms with Crippen molar-refractivity contribution >= 4 is 12.0 Å². The zero-order valence-corrected chi connectivity index (χ0v) is 17.5. The lowest BCUT2D eigenvalue weighted by Gasteiger charge is -2.35. The Morgan fingerprint density at radius 2 is 1.79 bits per heavy atom. The Morgan fingerprint density at radius 1 is 1.11 bits per heavy atom. The quantitative estimate of drug-likeness (QED) is 0.722. The first-order chi connectivity index (χ1) is 13.3. The number of ether oxygens (including phenoxy) is 2. The van der Waals surface area contributed by atoms with Crippen LogP contribution >= 0.6 is 0 Å². The highest BCUT2D eigenvalue weighted by Gasteiger charge is 2.25. The Bertz CT molecular complexity index is 649. The standard InChI is InChI=1S/C21H33N3O4/c1-21(2,3)28-20(26)24-14-12-23(13-15-24)11-7-10-22-19(25)16-17-8-5-6-9-18(17)27-4/h5-6,8-9H,7,10-16H2,1-4H3,(H,22,25). The molecular weight excluding hydrogens is 358 g/mol. The number of nitrogens with one attached hydrogen (secondary N) is 1. The molecule has 0 aromatic heterocycles. The van der Waals surface area contributed by atoms with Crippen LogP contribution in [0.5, 0.6) is 5.75 Å². The first kappa shape index (κ1) is 22.0. The highest BCUT2D eigenvalue weighted by atomic mass is 16.6. The maximum absolute atomic E-state index is 12.1. The number of methoxy groups -OCH3 is 1. The van der Waals surface area contributed by atoms with E-state index in [0.29, 0.717) is 26.1 Å². The average Bonchev–Trinajstić information content (AvgIpc) is 2.65. The molecule has 1 aliphatic heterocycles. The number of benzene rings is 1. The average molecular weight is 392 g/mol. The minimum absolute atomic E-state index is 0.000699. The van der Waals surface area contributed by atoms with Gasteiger partial charge in [0.1, 0.15) is 11.4 Å². The van der Waals surface area contributed by atoms with Crippen LogP contribution in [0, 0.1) is 0 Å². The van der Waals surface area contributed by atoms with Crippen LogP contribution in [-0.2, 0) is 16.0 Å². The van der Waals surface area contributed by atoms with Gasteiger partial charge in [-0.1, -0.05) is 18.2 Å². The highest BCUT2D eigenvalue weighted by molar-refractivity contribution is 5.79. The van der Waals surface area contributed by atoms with Crippen molar-refractivity contribution in [2.24, 2.45) is 0 Å². The molecule has 1 fully saturated rings. The number of carbonyl (C=O) groups is 2. The lowest BCUT2D eigenvalue weighted by atomic mass is 10.1. The van der Waals surface area contributed by atoms with E-state index in [9.17, 15) is 9.59 Å². The summed E-state index contributed by atoms with van der Waals surface area (Å²) in [5, 5.41) is 2.97. The summed E-state index contributed by atoms with van der Waals surface area (Å²) in [7, 11) is 1.61. The summed E-state index contributed by atoms with van der Waals surface area (Å²) in [6.07, 6.45) is 0.957. The molecule has 1 N–H and O–H groups in total. The molecule has 7 heteroatoms. The zero-order chi connectivity index (χ0) is 20.6. The lowest BCUT2D eigenvalue weighted by molar-refractivity contribution is -0.120. The normalized spacial score (nSPS) is 15.2. The minimum atomic E-state index is -0.462. The summed E-state index contributed by atoms with van der Waals surface area (Å²) in [5.74, 6) is 0.736. The van der Waals surface area contributed by atoms with Crippen molar-refractivity contribution in [3.05, 3.63) is 29.8 Å². The maximum atomic E-state index is 12.1. The monoisotopic (exact) mass is 391 g/mol. The van der Waals surface area contributed by atoms with Crippen LogP contribution in [0.2, 0.25) is 0 Å². The number of piperazine rings is 1. The molecule has 0 unspecified atom stereocenters. The molecule has 2 amide bonds. The minimum Gasteiger partial charge on any atom is -0.496 e. The van der Waals surface area contributed by atoms with Crippen LogP contribution < -0.4 is 10.1 Å². The molecule has 0 atom stereocenters. The summed E-state index contributed by atoms with van der Waals surface area (Å²) in [6, 6.07) is 7.56. The van der Waals surface area contributed by atoms with E-state index in [2.05, 4.69) is 10.2 Å². The molecule has 0 saturated carbocycles. The Hall–Kier alpha value is -2.28. The Morgan fingerprint density at radius 3 is 2.43 bits per heavy atom. The summed E-state index contributed by atoms with van der Waals surface area (Å²) < 4.78 is 10.7. The first-order valence-corrected chi connectivity index (χ1v) is 9.87. The Balaban J connectivity index is 1.62. The van der Waals surface area contributed by atoms with Gasteiger partial charge in [0.15, 0.2) is 0 Å². The van der Waals surface area contributed by atoms with E-state index < -0.39 is 5.60 Å². The zero-order valence-electron chi connectivity index (χ0n) is 17.5. The molecule has 1 heterocycles. The molecule has 1 aromatic carbocycles.